The number of hydrogen-bond acceptors (Lipinski definition) is 3. The van der Waals surface area contributed by atoms with Gasteiger partial charge in [-0.3, -0.25) is 0 Å². The van der Waals surface area contributed by atoms with Crippen molar-refractivity contribution in [1.29, 1.82) is 0 Å². The van der Waals surface area contributed by atoms with Crippen molar-refractivity contribution in [3.8, 4) is 11.6 Å². The largest absolute Gasteiger partial charge is 0.433 e. The first kappa shape index (κ1) is 14.7. The Morgan fingerprint density at radius 3 is 2.80 bits per heavy atom. The molecule has 0 saturated carbocycles. The molecule has 3 nitrogen and oxygen atoms in total. The van der Waals surface area contributed by atoms with Crippen LogP contribution < -0.4 is 10.1 Å². The highest BCUT2D eigenvalue weighted by Gasteiger charge is 2.14. The topological polar surface area (TPSA) is 34.2 Å². The molecular formula is C14H13ClF2N2O. The molecule has 0 aliphatic heterocycles. The molecule has 106 valence electrons. The lowest BCUT2D eigenvalue weighted by Gasteiger charge is -2.10. The van der Waals surface area contributed by atoms with Crippen LogP contribution >= 0.6 is 11.6 Å². The van der Waals surface area contributed by atoms with Gasteiger partial charge in [0.15, 0.2) is 17.4 Å². The summed E-state index contributed by atoms with van der Waals surface area (Å²) in [6.45, 7) is 2.97. The number of hydrogen-bond donors (Lipinski definition) is 1. The van der Waals surface area contributed by atoms with Gasteiger partial charge < -0.3 is 10.1 Å². The molecule has 1 heterocycles. The molecule has 1 aromatic heterocycles. The molecule has 1 aromatic carbocycles. The Bertz CT molecular complexity index is 608. The van der Waals surface area contributed by atoms with Crippen molar-refractivity contribution in [2.45, 2.75) is 13.5 Å². The van der Waals surface area contributed by atoms with E-state index in [9.17, 15) is 8.78 Å². The second-order valence-corrected chi connectivity index (χ2v) is 4.43. The van der Waals surface area contributed by atoms with Gasteiger partial charge in [-0.15, -0.1) is 0 Å². The number of halogens is 3. The van der Waals surface area contributed by atoms with E-state index in [0.717, 1.165) is 0 Å². The van der Waals surface area contributed by atoms with Gasteiger partial charge in [0.25, 0.3) is 5.88 Å². The number of aromatic nitrogens is 1. The van der Waals surface area contributed by atoms with Gasteiger partial charge in [0.05, 0.1) is 5.02 Å². The summed E-state index contributed by atoms with van der Waals surface area (Å²) in [4.78, 5) is 3.78. The maximum Gasteiger partial charge on any atom is 0.256 e. The monoisotopic (exact) mass is 298 g/mol. The Kier molecular flexibility index (Phi) is 4.87. The number of rotatable bonds is 5. The van der Waals surface area contributed by atoms with Crippen molar-refractivity contribution in [1.82, 2.24) is 10.3 Å². The zero-order valence-corrected chi connectivity index (χ0v) is 11.5. The van der Waals surface area contributed by atoms with Gasteiger partial charge in [0.2, 0.25) is 0 Å². The first-order valence-electron chi connectivity index (χ1n) is 6.09. The fourth-order valence-corrected chi connectivity index (χ4v) is 1.76. The molecule has 0 atom stereocenters. The number of pyridine rings is 1. The van der Waals surface area contributed by atoms with Crippen LogP contribution in [0.1, 0.15) is 12.5 Å². The Morgan fingerprint density at radius 1 is 1.25 bits per heavy atom. The number of nitrogens with zero attached hydrogens (tertiary/aromatic N) is 1. The fraction of sp³-hybridized carbons (Fsp3) is 0.214. The Morgan fingerprint density at radius 2 is 2.05 bits per heavy atom. The number of nitrogens with one attached hydrogen (secondary N) is 1. The first-order chi connectivity index (χ1) is 9.63. The minimum Gasteiger partial charge on any atom is -0.433 e. The molecule has 1 N–H and O–H groups in total. The second-order valence-electron chi connectivity index (χ2n) is 4.02. The summed E-state index contributed by atoms with van der Waals surface area (Å²) in [6.07, 6.45) is 1.41. The highest BCUT2D eigenvalue weighted by atomic mass is 35.5. The van der Waals surface area contributed by atoms with E-state index in [1.54, 1.807) is 6.07 Å². The maximum absolute atomic E-state index is 14.1. The van der Waals surface area contributed by atoms with E-state index in [1.165, 1.54) is 24.4 Å². The van der Waals surface area contributed by atoms with Crippen molar-refractivity contribution in [3.05, 3.63) is 52.7 Å². The summed E-state index contributed by atoms with van der Waals surface area (Å²) >= 11 is 5.64. The van der Waals surface area contributed by atoms with Crippen LogP contribution in [0.15, 0.2) is 30.5 Å². The summed E-state index contributed by atoms with van der Waals surface area (Å²) in [5.74, 6) is -1.80. The van der Waals surface area contributed by atoms with E-state index in [-0.39, 0.29) is 16.7 Å². The third kappa shape index (κ3) is 3.23. The minimum absolute atomic E-state index is 0.0910. The smallest absolute Gasteiger partial charge is 0.256 e. The van der Waals surface area contributed by atoms with E-state index in [4.69, 9.17) is 16.3 Å². The van der Waals surface area contributed by atoms with Crippen molar-refractivity contribution < 1.29 is 13.5 Å². The molecule has 6 heteroatoms. The van der Waals surface area contributed by atoms with Crippen LogP contribution in [-0.2, 0) is 6.54 Å². The third-order valence-electron chi connectivity index (χ3n) is 2.63. The Hall–Kier alpha value is -1.72. The van der Waals surface area contributed by atoms with E-state index in [0.29, 0.717) is 18.7 Å². The van der Waals surface area contributed by atoms with Gasteiger partial charge in [-0.2, -0.15) is 0 Å². The highest BCUT2D eigenvalue weighted by Crippen LogP contribution is 2.29. The third-order valence-corrected chi connectivity index (χ3v) is 2.92. The molecule has 0 radical (unpaired) electrons. The van der Waals surface area contributed by atoms with Gasteiger partial charge in [-0.05, 0) is 24.7 Å². The SMILES string of the molecule is CCNCc1ccnc(Oc2cccc(Cl)c2F)c1F. The lowest BCUT2D eigenvalue weighted by Crippen LogP contribution is -2.13. The predicted octanol–water partition coefficient (Wildman–Crippen LogP) is 3.92. The highest BCUT2D eigenvalue weighted by molar-refractivity contribution is 6.30. The summed E-state index contributed by atoms with van der Waals surface area (Å²) < 4.78 is 33.0. The van der Waals surface area contributed by atoms with E-state index < -0.39 is 11.6 Å². The average molecular weight is 299 g/mol. The Balaban J connectivity index is 2.27. The predicted molar refractivity (Wildman–Crippen MR) is 73.1 cm³/mol. The molecule has 0 amide bonds. The summed E-state index contributed by atoms with van der Waals surface area (Å²) in [7, 11) is 0. The van der Waals surface area contributed by atoms with Crippen LogP contribution in [0.2, 0.25) is 5.02 Å². The standard InChI is InChI=1S/C14H13ClF2N2O/c1-2-18-8-9-6-7-19-14(12(9)16)20-11-5-3-4-10(15)13(11)17/h3-7,18H,2,8H2,1H3. The van der Waals surface area contributed by atoms with Crippen molar-refractivity contribution in [3.63, 3.8) is 0 Å². The molecule has 0 aliphatic carbocycles. The first-order valence-corrected chi connectivity index (χ1v) is 6.47. The molecule has 0 saturated heterocycles. The van der Waals surface area contributed by atoms with Gasteiger partial charge in [-0.1, -0.05) is 24.6 Å². The molecule has 0 aliphatic rings. The van der Waals surface area contributed by atoms with Crippen molar-refractivity contribution >= 4 is 11.6 Å². The summed E-state index contributed by atoms with van der Waals surface area (Å²) in [6, 6.07) is 5.80. The molecule has 2 aromatic rings. The lowest BCUT2D eigenvalue weighted by atomic mass is 10.2. The molecule has 2 rings (SSSR count). The molecule has 0 bridgehead atoms. The van der Waals surface area contributed by atoms with Crippen LogP contribution in [0, 0.1) is 11.6 Å². The number of ether oxygens (including phenoxy) is 1. The zero-order chi connectivity index (χ0) is 14.5. The quantitative estimate of drug-likeness (QED) is 0.908. The van der Waals surface area contributed by atoms with Crippen LogP contribution in [0.4, 0.5) is 8.78 Å². The van der Waals surface area contributed by atoms with Crippen LogP contribution in [0.5, 0.6) is 11.6 Å². The number of benzene rings is 1. The maximum atomic E-state index is 14.1. The molecule has 0 spiro atoms. The van der Waals surface area contributed by atoms with E-state index in [1.807, 2.05) is 6.92 Å². The minimum atomic E-state index is -0.743. The van der Waals surface area contributed by atoms with Gasteiger partial charge in [-0.25, -0.2) is 13.8 Å². The van der Waals surface area contributed by atoms with Gasteiger partial charge in [0.1, 0.15) is 0 Å². The normalized spacial score (nSPS) is 10.6. The second kappa shape index (κ2) is 6.63. The van der Waals surface area contributed by atoms with Gasteiger partial charge in [0, 0.05) is 18.3 Å². The van der Waals surface area contributed by atoms with Gasteiger partial charge >= 0.3 is 0 Å². The van der Waals surface area contributed by atoms with E-state index in [2.05, 4.69) is 10.3 Å². The lowest BCUT2D eigenvalue weighted by molar-refractivity contribution is 0.395. The molecule has 20 heavy (non-hydrogen) atoms. The summed E-state index contributed by atoms with van der Waals surface area (Å²) in [5.41, 5.74) is 0.402. The fourth-order valence-electron chi connectivity index (χ4n) is 1.60. The van der Waals surface area contributed by atoms with Crippen LogP contribution in [0.25, 0.3) is 0 Å². The molecule has 0 unspecified atom stereocenters. The molecular weight excluding hydrogens is 286 g/mol. The van der Waals surface area contributed by atoms with Crippen LogP contribution in [-0.4, -0.2) is 11.5 Å². The average Bonchev–Trinajstić information content (AvgIpc) is 2.44. The summed E-state index contributed by atoms with van der Waals surface area (Å²) in [5, 5.41) is 2.91. The van der Waals surface area contributed by atoms with E-state index >= 15 is 0 Å². The molecule has 0 fully saturated rings. The van der Waals surface area contributed by atoms with Crippen molar-refractivity contribution in [2.75, 3.05) is 6.54 Å². The van der Waals surface area contributed by atoms with Crippen LogP contribution in [0.3, 0.4) is 0 Å². The zero-order valence-electron chi connectivity index (χ0n) is 10.8. The van der Waals surface area contributed by atoms with Crippen molar-refractivity contribution in [2.24, 2.45) is 0 Å². The Labute approximate surface area is 120 Å².